The zero-order chi connectivity index (χ0) is 57.1. The summed E-state index contributed by atoms with van der Waals surface area (Å²) in [6, 6.07) is 0. The third kappa shape index (κ3) is 65.3. The number of allylic oxidation sites excluding steroid dienone is 14. The molecule has 6 heteroatoms. The minimum atomic E-state index is -0.783. The molecule has 0 aliphatic heterocycles. The zero-order valence-corrected chi connectivity index (χ0v) is 52.4. The normalized spacial score (nSPS) is 12.6. The topological polar surface area (TPSA) is 78.9 Å². The Morgan fingerprint density at radius 2 is 0.494 bits per heavy atom. The monoisotopic (exact) mass is 1100 g/mol. The molecule has 0 amide bonds. The highest BCUT2D eigenvalue weighted by Crippen LogP contribution is 2.18. The quantitative estimate of drug-likeness (QED) is 0.0261. The van der Waals surface area contributed by atoms with E-state index in [9.17, 15) is 14.4 Å². The highest BCUT2D eigenvalue weighted by atomic mass is 16.6. The van der Waals surface area contributed by atoms with Gasteiger partial charge >= 0.3 is 17.9 Å². The molecule has 0 heterocycles. The Morgan fingerprint density at radius 3 is 0.772 bits per heavy atom. The SMILES string of the molecule is CC/C=C\C/C=C\C/C=C\C/C=C\C/C=C\C/C=C\C/C=C\CCCCCCCC(=O)OCC(COC(=O)CCCCCCCCCCCCCCCCCC)OC(=O)CCCCCCCCCCCCCCCCCCCC. The summed E-state index contributed by atoms with van der Waals surface area (Å²) in [6.45, 7) is 6.57. The van der Waals surface area contributed by atoms with Crippen molar-refractivity contribution < 1.29 is 28.6 Å². The van der Waals surface area contributed by atoms with Gasteiger partial charge in [-0.2, -0.15) is 0 Å². The van der Waals surface area contributed by atoms with Crippen molar-refractivity contribution in [3.63, 3.8) is 0 Å². The summed E-state index contributed by atoms with van der Waals surface area (Å²) >= 11 is 0. The van der Waals surface area contributed by atoms with Gasteiger partial charge in [-0.25, -0.2) is 0 Å². The van der Waals surface area contributed by atoms with Crippen molar-refractivity contribution in [3.8, 4) is 0 Å². The van der Waals surface area contributed by atoms with Crippen molar-refractivity contribution in [1.82, 2.24) is 0 Å². The Labute approximate surface area is 490 Å². The Balaban J connectivity index is 4.37. The maximum absolute atomic E-state index is 12.9. The van der Waals surface area contributed by atoms with Crippen LogP contribution in [0.25, 0.3) is 0 Å². The minimum Gasteiger partial charge on any atom is -0.462 e. The van der Waals surface area contributed by atoms with Gasteiger partial charge in [-0.15, -0.1) is 0 Å². The van der Waals surface area contributed by atoms with Crippen LogP contribution in [0.5, 0.6) is 0 Å². The minimum absolute atomic E-state index is 0.0777. The van der Waals surface area contributed by atoms with E-state index in [1.165, 1.54) is 180 Å². The molecule has 1 atom stereocenters. The molecular weight excluding hydrogens is 973 g/mol. The lowest BCUT2D eigenvalue weighted by atomic mass is 10.0. The zero-order valence-electron chi connectivity index (χ0n) is 52.4. The molecule has 0 aliphatic carbocycles. The molecule has 0 saturated carbocycles. The average Bonchev–Trinajstić information content (AvgIpc) is 3.45. The van der Waals surface area contributed by atoms with Crippen LogP contribution in [-0.2, 0) is 28.6 Å². The molecule has 0 bridgehead atoms. The van der Waals surface area contributed by atoms with Crippen molar-refractivity contribution in [1.29, 1.82) is 0 Å². The Kier molecular flexibility index (Phi) is 64.2. The highest BCUT2D eigenvalue weighted by molar-refractivity contribution is 5.71. The summed E-state index contributed by atoms with van der Waals surface area (Å²) in [5, 5.41) is 0. The van der Waals surface area contributed by atoms with Gasteiger partial charge in [-0.3, -0.25) is 14.4 Å². The van der Waals surface area contributed by atoms with E-state index in [4.69, 9.17) is 14.2 Å². The van der Waals surface area contributed by atoms with Crippen LogP contribution < -0.4 is 0 Å². The molecule has 0 aromatic rings. The number of esters is 3. The first-order valence-corrected chi connectivity index (χ1v) is 34.1. The lowest BCUT2D eigenvalue weighted by Gasteiger charge is -2.18. The molecule has 0 spiro atoms. The van der Waals surface area contributed by atoms with E-state index in [2.05, 4.69) is 106 Å². The Bertz CT molecular complexity index is 1500. The fourth-order valence-corrected chi connectivity index (χ4v) is 9.84. The maximum atomic E-state index is 12.9. The average molecular weight is 1100 g/mol. The molecule has 6 nitrogen and oxygen atoms in total. The van der Waals surface area contributed by atoms with E-state index in [0.29, 0.717) is 19.3 Å². The van der Waals surface area contributed by atoms with Crippen molar-refractivity contribution >= 4 is 17.9 Å². The number of rotatable bonds is 62. The molecule has 0 rings (SSSR count). The molecule has 79 heavy (non-hydrogen) atoms. The van der Waals surface area contributed by atoms with E-state index in [0.717, 1.165) is 122 Å². The van der Waals surface area contributed by atoms with Crippen LogP contribution in [0, 0.1) is 0 Å². The summed E-state index contributed by atoms with van der Waals surface area (Å²) in [5.41, 5.74) is 0. The Hall–Kier alpha value is -3.41. The van der Waals surface area contributed by atoms with E-state index in [-0.39, 0.29) is 31.1 Å². The van der Waals surface area contributed by atoms with Gasteiger partial charge in [0, 0.05) is 19.3 Å². The van der Waals surface area contributed by atoms with Crippen LogP contribution in [-0.4, -0.2) is 37.2 Å². The van der Waals surface area contributed by atoms with E-state index in [1.54, 1.807) is 0 Å². The molecule has 0 radical (unpaired) electrons. The molecule has 0 aromatic carbocycles. The summed E-state index contributed by atoms with van der Waals surface area (Å²) in [5.74, 6) is -0.877. The number of hydrogen-bond acceptors (Lipinski definition) is 6. The summed E-state index contributed by atoms with van der Waals surface area (Å²) in [4.78, 5) is 38.4. The van der Waals surface area contributed by atoms with Crippen LogP contribution >= 0.6 is 0 Å². The number of unbranched alkanes of at least 4 members (excludes halogenated alkanes) is 37. The number of hydrogen-bond donors (Lipinski definition) is 0. The Morgan fingerprint density at radius 1 is 0.266 bits per heavy atom. The van der Waals surface area contributed by atoms with Gasteiger partial charge in [0.1, 0.15) is 13.2 Å². The summed E-state index contributed by atoms with van der Waals surface area (Å²) in [6.07, 6.45) is 88.8. The van der Waals surface area contributed by atoms with E-state index in [1.807, 2.05) is 0 Å². The van der Waals surface area contributed by atoms with Crippen LogP contribution in [0.3, 0.4) is 0 Å². The van der Waals surface area contributed by atoms with E-state index >= 15 is 0 Å². The molecule has 0 N–H and O–H groups in total. The fraction of sp³-hybridized carbons (Fsp3) is 0.767. The lowest BCUT2D eigenvalue weighted by Crippen LogP contribution is -2.30. The van der Waals surface area contributed by atoms with Crippen molar-refractivity contribution in [2.75, 3.05) is 13.2 Å². The largest absolute Gasteiger partial charge is 0.462 e. The van der Waals surface area contributed by atoms with Crippen molar-refractivity contribution in [2.24, 2.45) is 0 Å². The third-order valence-corrected chi connectivity index (χ3v) is 14.9. The first-order valence-electron chi connectivity index (χ1n) is 34.1. The second-order valence-corrected chi connectivity index (χ2v) is 22.7. The van der Waals surface area contributed by atoms with Gasteiger partial charge in [0.15, 0.2) is 6.10 Å². The van der Waals surface area contributed by atoms with E-state index < -0.39 is 6.10 Å². The van der Waals surface area contributed by atoms with Gasteiger partial charge in [0.05, 0.1) is 0 Å². The predicted octanol–water partition coefficient (Wildman–Crippen LogP) is 23.4. The van der Waals surface area contributed by atoms with Crippen LogP contribution in [0.15, 0.2) is 85.1 Å². The number of carbonyl (C=O) groups excluding carboxylic acids is 3. The number of ether oxygens (including phenoxy) is 3. The van der Waals surface area contributed by atoms with Gasteiger partial charge in [-0.1, -0.05) is 331 Å². The van der Waals surface area contributed by atoms with Gasteiger partial charge < -0.3 is 14.2 Å². The molecule has 0 fully saturated rings. The first-order chi connectivity index (χ1) is 39.0. The lowest BCUT2D eigenvalue weighted by molar-refractivity contribution is -0.167. The van der Waals surface area contributed by atoms with Gasteiger partial charge in [-0.05, 0) is 77.0 Å². The third-order valence-electron chi connectivity index (χ3n) is 14.9. The van der Waals surface area contributed by atoms with Gasteiger partial charge in [0.25, 0.3) is 0 Å². The first kappa shape index (κ1) is 75.6. The van der Waals surface area contributed by atoms with Crippen LogP contribution in [0.2, 0.25) is 0 Å². The van der Waals surface area contributed by atoms with Crippen LogP contribution in [0.4, 0.5) is 0 Å². The molecule has 0 aromatic heterocycles. The standard InChI is InChI=1S/C73H128O6/c1-4-7-10-13-16-19-22-25-28-31-33-34-35-36-37-38-39-40-41-43-45-48-51-54-57-60-63-66-72(75)78-69-70(68-77-71(74)65-62-59-56-53-50-47-44-30-27-24-21-18-15-12-9-6-3)79-73(76)67-64-61-58-55-52-49-46-42-32-29-26-23-20-17-14-11-8-5-2/h7,10,16,19,25,28,33-34,36-37,39-40,43,45,70H,4-6,8-9,11-15,17-18,20-24,26-27,29-32,35,38,41-42,44,46-69H2,1-3H3/b10-7-,19-16-,28-25-,34-33-,37-36-,40-39-,45-43-. The smallest absolute Gasteiger partial charge is 0.306 e. The number of carbonyl (C=O) groups is 3. The fourth-order valence-electron chi connectivity index (χ4n) is 9.84. The highest BCUT2D eigenvalue weighted by Gasteiger charge is 2.19. The molecular formula is C73H128O6. The van der Waals surface area contributed by atoms with Crippen LogP contribution in [0.1, 0.15) is 342 Å². The summed E-state index contributed by atoms with van der Waals surface area (Å²) in [7, 11) is 0. The summed E-state index contributed by atoms with van der Waals surface area (Å²) < 4.78 is 17.0. The maximum Gasteiger partial charge on any atom is 0.306 e. The second kappa shape index (κ2) is 67.1. The molecule has 456 valence electrons. The molecule has 0 aliphatic rings. The predicted molar refractivity (Wildman–Crippen MR) is 344 cm³/mol. The van der Waals surface area contributed by atoms with Crippen molar-refractivity contribution in [2.45, 2.75) is 348 Å². The van der Waals surface area contributed by atoms with Crippen molar-refractivity contribution in [3.05, 3.63) is 85.1 Å². The van der Waals surface area contributed by atoms with Gasteiger partial charge in [0.2, 0.25) is 0 Å². The molecule has 1 unspecified atom stereocenters. The second-order valence-electron chi connectivity index (χ2n) is 22.7. The molecule has 0 saturated heterocycles.